The van der Waals surface area contributed by atoms with Crippen molar-refractivity contribution in [3.05, 3.63) is 23.5 Å². The van der Waals surface area contributed by atoms with Gasteiger partial charge in [0.05, 0.1) is 24.6 Å². The van der Waals surface area contributed by atoms with Crippen molar-refractivity contribution in [2.24, 2.45) is 16.7 Å². The highest BCUT2D eigenvalue weighted by atomic mass is 28.4. The molecule has 0 aromatic carbocycles. The summed E-state index contributed by atoms with van der Waals surface area (Å²) in [7, 11) is -1.68. The summed E-state index contributed by atoms with van der Waals surface area (Å²) < 4.78 is 24.2. The first-order valence-electron chi connectivity index (χ1n) is 10.6. The minimum atomic E-state index is -1.68. The SMILES string of the molecule is CC1(C)[C@H]2CC[C@]1(C)[C@@H](OC1OC(=O)C=C1C1CC(O[Si](C)(C)C)=CCO1)C2. The number of hydrogen-bond donors (Lipinski definition) is 0. The van der Waals surface area contributed by atoms with Gasteiger partial charge in [-0.1, -0.05) is 20.8 Å². The summed E-state index contributed by atoms with van der Waals surface area (Å²) in [5.74, 6) is 1.30. The maximum absolute atomic E-state index is 12.1. The molecule has 0 aromatic rings. The van der Waals surface area contributed by atoms with Crippen LogP contribution in [0.25, 0.3) is 0 Å². The van der Waals surface area contributed by atoms with Crippen LogP contribution in [0.15, 0.2) is 23.5 Å². The third kappa shape index (κ3) is 3.37. The van der Waals surface area contributed by atoms with E-state index in [1.165, 1.54) is 12.8 Å². The van der Waals surface area contributed by atoms with Gasteiger partial charge in [-0.3, -0.25) is 0 Å². The molecule has 2 heterocycles. The monoisotopic (exact) mass is 406 g/mol. The fourth-order valence-corrected chi connectivity index (χ4v) is 6.47. The molecule has 5 nitrogen and oxygen atoms in total. The van der Waals surface area contributed by atoms with Gasteiger partial charge in [-0.2, -0.15) is 0 Å². The Morgan fingerprint density at radius 3 is 2.57 bits per heavy atom. The average molecular weight is 407 g/mol. The first-order chi connectivity index (χ1) is 13.0. The summed E-state index contributed by atoms with van der Waals surface area (Å²) >= 11 is 0. The zero-order chi connectivity index (χ0) is 20.3. The van der Waals surface area contributed by atoms with E-state index < -0.39 is 14.6 Å². The molecule has 156 valence electrons. The topological polar surface area (TPSA) is 54.0 Å². The van der Waals surface area contributed by atoms with Gasteiger partial charge >= 0.3 is 5.97 Å². The normalized spacial score (nSPS) is 39.6. The van der Waals surface area contributed by atoms with Crippen molar-refractivity contribution in [2.75, 3.05) is 6.61 Å². The Balaban J connectivity index is 1.47. The predicted octanol–water partition coefficient (Wildman–Crippen LogP) is 4.55. The quantitative estimate of drug-likeness (QED) is 0.495. The van der Waals surface area contributed by atoms with Crippen LogP contribution in [-0.4, -0.2) is 39.4 Å². The molecule has 0 aromatic heterocycles. The molecule has 2 fully saturated rings. The van der Waals surface area contributed by atoms with E-state index in [1.54, 1.807) is 6.08 Å². The zero-order valence-corrected chi connectivity index (χ0v) is 19.0. The third-order valence-corrected chi connectivity index (χ3v) is 8.46. The zero-order valence-electron chi connectivity index (χ0n) is 18.0. The largest absolute Gasteiger partial charge is 0.547 e. The molecule has 4 rings (SSSR count). The Kier molecular flexibility index (Phi) is 4.83. The van der Waals surface area contributed by atoms with E-state index in [0.29, 0.717) is 18.9 Å². The van der Waals surface area contributed by atoms with Crippen molar-refractivity contribution >= 4 is 14.3 Å². The molecular weight excluding hydrogens is 372 g/mol. The molecule has 2 bridgehead atoms. The van der Waals surface area contributed by atoms with Gasteiger partial charge in [0.25, 0.3) is 0 Å². The van der Waals surface area contributed by atoms with Crippen LogP contribution in [0, 0.1) is 16.7 Å². The molecule has 5 atom stereocenters. The van der Waals surface area contributed by atoms with Crippen LogP contribution >= 0.6 is 0 Å². The smallest absolute Gasteiger partial charge is 0.333 e. The lowest BCUT2D eigenvalue weighted by atomic mass is 9.70. The molecule has 2 aliphatic carbocycles. The first-order valence-corrected chi connectivity index (χ1v) is 14.0. The van der Waals surface area contributed by atoms with E-state index in [2.05, 4.69) is 40.4 Å². The number of rotatable bonds is 5. The highest BCUT2D eigenvalue weighted by molar-refractivity contribution is 6.70. The van der Waals surface area contributed by atoms with E-state index >= 15 is 0 Å². The van der Waals surface area contributed by atoms with Crippen LogP contribution in [0.4, 0.5) is 0 Å². The Morgan fingerprint density at radius 1 is 1.21 bits per heavy atom. The lowest BCUT2D eigenvalue weighted by Gasteiger charge is -2.40. The van der Waals surface area contributed by atoms with Crippen LogP contribution < -0.4 is 0 Å². The van der Waals surface area contributed by atoms with Crippen molar-refractivity contribution in [2.45, 2.75) is 84.6 Å². The van der Waals surface area contributed by atoms with Crippen molar-refractivity contribution < 1.29 is 23.4 Å². The molecule has 4 aliphatic rings. The van der Waals surface area contributed by atoms with E-state index in [4.69, 9.17) is 18.6 Å². The second kappa shape index (κ2) is 6.71. The molecule has 2 unspecified atom stereocenters. The number of esters is 1. The van der Waals surface area contributed by atoms with Crippen LogP contribution in [-0.2, 0) is 23.4 Å². The van der Waals surface area contributed by atoms with E-state index in [0.717, 1.165) is 17.8 Å². The van der Waals surface area contributed by atoms with Gasteiger partial charge in [-0.15, -0.1) is 0 Å². The second-order valence-corrected chi connectivity index (χ2v) is 15.0. The fourth-order valence-electron chi connectivity index (χ4n) is 5.52. The van der Waals surface area contributed by atoms with Gasteiger partial charge in [0.15, 0.2) is 0 Å². The van der Waals surface area contributed by atoms with Gasteiger partial charge in [-0.25, -0.2) is 4.79 Å². The van der Waals surface area contributed by atoms with E-state index in [9.17, 15) is 4.79 Å². The molecule has 2 saturated carbocycles. The molecular formula is C22H34O5Si. The molecule has 2 aliphatic heterocycles. The molecule has 0 saturated heterocycles. The maximum Gasteiger partial charge on any atom is 0.333 e. The minimum Gasteiger partial charge on any atom is -0.547 e. The lowest BCUT2D eigenvalue weighted by molar-refractivity contribution is -0.185. The van der Waals surface area contributed by atoms with Gasteiger partial charge in [0, 0.05) is 18.1 Å². The molecule has 0 N–H and O–H groups in total. The van der Waals surface area contributed by atoms with Crippen molar-refractivity contribution in [1.29, 1.82) is 0 Å². The maximum atomic E-state index is 12.1. The number of carbonyl (C=O) groups excluding carboxylic acids is 1. The Bertz CT molecular complexity index is 719. The standard InChI is InChI=1S/C22H34O5Si/c1-21(2)14-7-9-22(21,3)18(11-14)25-20-16(13-19(23)26-20)17-12-15(8-10-24-17)27-28(4,5)6/h8,13-14,17-18,20H,7,9-12H2,1-6H3/t14-,17?,18-,20?,22+/m0/s1. The van der Waals surface area contributed by atoms with E-state index in [1.807, 2.05) is 6.08 Å². The molecule has 6 heteroatoms. The summed E-state index contributed by atoms with van der Waals surface area (Å²) in [5.41, 5.74) is 1.18. The molecule has 0 radical (unpaired) electrons. The summed E-state index contributed by atoms with van der Waals surface area (Å²) in [4.78, 5) is 12.1. The lowest BCUT2D eigenvalue weighted by Crippen LogP contribution is -2.41. The van der Waals surface area contributed by atoms with Gasteiger partial charge < -0.3 is 18.6 Å². The van der Waals surface area contributed by atoms with Crippen molar-refractivity contribution in [1.82, 2.24) is 0 Å². The highest BCUT2D eigenvalue weighted by Gasteiger charge is 2.62. The number of ether oxygens (including phenoxy) is 3. The Hall–Kier alpha value is -1.11. The number of fused-ring (bicyclic) bond motifs is 2. The average Bonchev–Trinajstić information content (AvgIpc) is 3.11. The number of hydrogen-bond acceptors (Lipinski definition) is 5. The summed E-state index contributed by atoms with van der Waals surface area (Å²) in [6, 6.07) is 0. The molecule has 0 spiro atoms. The van der Waals surface area contributed by atoms with Crippen molar-refractivity contribution in [3.8, 4) is 0 Å². The predicted molar refractivity (Wildman–Crippen MR) is 109 cm³/mol. The summed E-state index contributed by atoms with van der Waals surface area (Å²) in [6.45, 7) is 14.1. The number of carbonyl (C=O) groups is 1. The third-order valence-electron chi connectivity index (χ3n) is 7.59. The van der Waals surface area contributed by atoms with E-state index in [-0.39, 0.29) is 29.0 Å². The summed E-state index contributed by atoms with van der Waals surface area (Å²) in [5, 5.41) is 0. The van der Waals surface area contributed by atoms with Crippen LogP contribution in [0.2, 0.25) is 19.6 Å². The Labute approximate surface area is 169 Å². The van der Waals surface area contributed by atoms with Crippen molar-refractivity contribution in [3.63, 3.8) is 0 Å². The van der Waals surface area contributed by atoms with Gasteiger partial charge in [0.1, 0.15) is 0 Å². The first kappa shape index (κ1) is 20.2. The number of cyclic esters (lactones) is 1. The minimum absolute atomic E-state index is 0.109. The Morgan fingerprint density at radius 2 is 1.96 bits per heavy atom. The van der Waals surface area contributed by atoms with Gasteiger partial charge in [0.2, 0.25) is 14.6 Å². The highest BCUT2D eigenvalue weighted by Crippen LogP contribution is 2.66. The second-order valence-electron chi connectivity index (χ2n) is 10.6. The summed E-state index contributed by atoms with van der Waals surface area (Å²) in [6.07, 6.45) is 6.92. The van der Waals surface area contributed by atoms with Crippen LogP contribution in [0.3, 0.4) is 0 Å². The fraction of sp³-hybridized carbons (Fsp3) is 0.773. The molecule has 0 amide bonds. The van der Waals surface area contributed by atoms with Crippen LogP contribution in [0.1, 0.15) is 46.5 Å². The van der Waals surface area contributed by atoms with Gasteiger partial charge in [-0.05, 0) is 61.7 Å². The molecule has 28 heavy (non-hydrogen) atoms. The van der Waals surface area contributed by atoms with Crippen LogP contribution in [0.5, 0.6) is 0 Å².